The zero-order valence-corrected chi connectivity index (χ0v) is 11.5. The van der Waals surface area contributed by atoms with Crippen molar-refractivity contribution in [3.63, 3.8) is 0 Å². The van der Waals surface area contributed by atoms with E-state index < -0.39 is 0 Å². The molecule has 0 aromatic carbocycles. The molecular formula is C13H26N4. The van der Waals surface area contributed by atoms with Crippen LogP contribution in [0.25, 0.3) is 0 Å². The van der Waals surface area contributed by atoms with Crippen molar-refractivity contribution in [3.05, 3.63) is 17.5 Å². The second-order valence-corrected chi connectivity index (χ2v) is 4.72. The third-order valence-electron chi connectivity index (χ3n) is 3.47. The van der Waals surface area contributed by atoms with E-state index in [0.29, 0.717) is 6.54 Å². The molecule has 1 unspecified atom stereocenters. The van der Waals surface area contributed by atoms with E-state index in [0.717, 1.165) is 18.2 Å². The Bertz CT molecular complexity index is 328. The normalized spacial score (nSPS) is 13.3. The average molecular weight is 238 g/mol. The predicted molar refractivity (Wildman–Crippen MR) is 71.8 cm³/mol. The van der Waals surface area contributed by atoms with Gasteiger partial charge < -0.3 is 11.1 Å². The third kappa shape index (κ3) is 3.82. The van der Waals surface area contributed by atoms with Crippen molar-refractivity contribution in [1.82, 2.24) is 15.1 Å². The van der Waals surface area contributed by atoms with Crippen molar-refractivity contribution in [2.24, 2.45) is 18.7 Å². The molecule has 0 saturated heterocycles. The van der Waals surface area contributed by atoms with E-state index in [4.69, 9.17) is 5.73 Å². The first-order chi connectivity index (χ1) is 8.12. The van der Waals surface area contributed by atoms with E-state index in [1.165, 1.54) is 18.4 Å². The Labute approximate surface area is 105 Å². The zero-order chi connectivity index (χ0) is 12.8. The first kappa shape index (κ1) is 14.2. The van der Waals surface area contributed by atoms with Crippen LogP contribution in [0.3, 0.4) is 0 Å². The molecule has 1 atom stereocenters. The number of rotatable bonds is 7. The van der Waals surface area contributed by atoms with E-state index in [-0.39, 0.29) is 6.04 Å². The quantitative estimate of drug-likeness (QED) is 0.761. The molecule has 17 heavy (non-hydrogen) atoms. The zero-order valence-electron chi connectivity index (χ0n) is 11.5. The minimum Gasteiger partial charge on any atom is -0.329 e. The molecule has 1 aromatic rings. The van der Waals surface area contributed by atoms with Gasteiger partial charge in [0.1, 0.15) is 0 Å². The van der Waals surface area contributed by atoms with Crippen LogP contribution in [0, 0.1) is 12.8 Å². The molecular weight excluding hydrogens is 212 g/mol. The van der Waals surface area contributed by atoms with Gasteiger partial charge in [-0.15, -0.1) is 0 Å². The minimum atomic E-state index is 0.226. The van der Waals surface area contributed by atoms with Gasteiger partial charge in [0, 0.05) is 31.4 Å². The van der Waals surface area contributed by atoms with Gasteiger partial charge >= 0.3 is 0 Å². The third-order valence-corrected chi connectivity index (χ3v) is 3.47. The lowest BCUT2D eigenvalue weighted by Gasteiger charge is -2.20. The minimum absolute atomic E-state index is 0.226. The topological polar surface area (TPSA) is 55.9 Å². The van der Waals surface area contributed by atoms with Gasteiger partial charge in [-0.05, 0) is 19.4 Å². The maximum absolute atomic E-state index is 5.85. The lowest BCUT2D eigenvalue weighted by atomic mass is 10.0. The predicted octanol–water partition coefficient (Wildman–Crippen LogP) is 1.75. The first-order valence-electron chi connectivity index (χ1n) is 6.55. The number of nitrogens with one attached hydrogen (secondary N) is 1. The van der Waals surface area contributed by atoms with Gasteiger partial charge in [0.05, 0.1) is 5.69 Å². The van der Waals surface area contributed by atoms with Crippen molar-refractivity contribution in [2.75, 3.05) is 13.1 Å². The van der Waals surface area contributed by atoms with Crippen molar-refractivity contribution in [3.8, 4) is 0 Å². The fourth-order valence-electron chi connectivity index (χ4n) is 2.17. The number of nitrogens with two attached hydrogens (primary N) is 1. The molecule has 4 nitrogen and oxygen atoms in total. The molecule has 0 fully saturated rings. The van der Waals surface area contributed by atoms with Gasteiger partial charge in [-0.1, -0.05) is 26.7 Å². The molecule has 0 amide bonds. The number of aryl methyl sites for hydroxylation is 2. The van der Waals surface area contributed by atoms with Crippen LogP contribution >= 0.6 is 0 Å². The fourth-order valence-corrected chi connectivity index (χ4v) is 2.17. The van der Waals surface area contributed by atoms with Crippen LogP contribution in [0.4, 0.5) is 0 Å². The van der Waals surface area contributed by atoms with E-state index in [1.54, 1.807) is 0 Å². The standard InChI is InChI=1S/C13H26N4/c1-5-11(6-2)8-15-13(7-14)12-9-17(4)16-10(12)3/h9,11,13,15H,5-8,14H2,1-4H3. The smallest absolute Gasteiger partial charge is 0.0641 e. The fraction of sp³-hybridized carbons (Fsp3) is 0.769. The summed E-state index contributed by atoms with van der Waals surface area (Å²) in [4.78, 5) is 0. The van der Waals surface area contributed by atoms with Crippen LogP contribution in [-0.4, -0.2) is 22.9 Å². The molecule has 0 aliphatic rings. The summed E-state index contributed by atoms with van der Waals surface area (Å²) < 4.78 is 1.85. The summed E-state index contributed by atoms with van der Waals surface area (Å²) >= 11 is 0. The average Bonchev–Trinajstić information content (AvgIpc) is 2.64. The Kier molecular flexibility index (Phi) is 5.65. The maximum atomic E-state index is 5.85. The van der Waals surface area contributed by atoms with Crippen LogP contribution in [0.1, 0.15) is 44.0 Å². The summed E-state index contributed by atoms with van der Waals surface area (Å²) in [5.74, 6) is 0.737. The molecule has 3 N–H and O–H groups in total. The second kappa shape index (κ2) is 6.77. The van der Waals surface area contributed by atoms with Crippen molar-refractivity contribution >= 4 is 0 Å². The SMILES string of the molecule is CCC(CC)CNC(CN)c1cn(C)nc1C. The second-order valence-electron chi connectivity index (χ2n) is 4.72. The van der Waals surface area contributed by atoms with E-state index in [9.17, 15) is 0 Å². The summed E-state index contributed by atoms with van der Waals surface area (Å²) in [5, 5.41) is 7.93. The van der Waals surface area contributed by atoms with Crippen molar-refractivity contribution in [1.29, 1.82) is 0 Å². The van der Waals surface area contributed by atoms with Crippen LogP contribution in [0.15, 0.2) is 6.20 Å². The molecule has 0 radical (unpaired) electrons. The molecule has 0 spiro atoms. The Morgan fingerprint density at radius 1 is 1.41 bits per heavy atom. The van der Waals surface area contributed by atoms with Crippen molar-refractivity contribution in [2.45, 2.75) is 39.7 Å². The van der Waals surface area contributed by atoms with Crippen LogP contribution in [-0.2, 0) is 7.05 Å². The highest BCUT2D eigenvalue weighted by atomic mass is 15.3. The van der Waals surface area contributed by atoms with Gasteiger partial charge in [0.2, 0.25) is 0 Å². The van der Waals surface area contributed by atoms with Gasteiger partial charge in [0.15, 0.2) is 0 Å². The summed E-state index contributed by atoms with van der Waals surface area (Å²) in [6.45, 7) is 8.16. The first-order valence-corrected chi connectivity index (χ1v) is 6.55. The Hall–Kier alpha value is -0.870. The summed E-state index contributed by atoms with van der Waals surface area (Å²) in [5.41, 5.74) is 8.15. The highest BCUT2D eigenvalue weighted by Gasteiger charge is 2.15. The monoisotopic (exact) mass is 238 g/mol. The summed E-state index contributed by atoms with van der Waals surface area (Å²) in [6.07, 6.45) is 4.49. The van der Waals surface area contributed by atoms with Crippen LogP contribution in [0.2, 0.25) is 0 Å². The molecule has 0 saturated carbocycles. The summed E-state index contributed by atoms with van der Waals surface area (Å²) in [6, 6.07) is 0.226. The van der Waals surface area contributed by atoms with Gasteiger partial charge in [-0.25, -0.2) is 0 Å². The number of hydrogen-bond donors (Lipinski definition) is 2. The molecule has 1 rings (SSSR count). The Morgan fingerprint density at radius 3 is 2.47 bits per heavy atom. The molecule has 0 bridgehead atoms. The maximum Gasteiger partial charge on any atom is 0.0641 e. The number of hydrogen-bond acceptors (Lipinski definition) is 3. The van der Waals surface area contributed by atoms with E-state index in [1.807, 2.05) is 18.7 Å². The molecule has 1 heterocycles. The van der Waals surface area contributed by atoms with E-state index in [2.05, 4.69) is 30.5 Å². The molecule has 0 aliphatic heterocycles. The lowest BCUT2D eigenvalue weighted by Crippen LogP contribution is -2.32. The van der Waals surface area contributed by atoms with E-state index >= 15 is 0 Å². The van der Waals surface area contributed by atoms with Crippen molar-refractivity contribution < 1.29 is 0 Å². The van der Waals surface area contributed by atoms with Gasteiger partial charge in [-0.3, -0.25) is 4.68 Å². The number of aromatic nitrogens is 2. The van der Waals surface area contributed by atoms with Crippen LogP contribution in [0.5, 0.6) is 0 Å². The largest absolute Gasteiger partial charge is 0.329 e. The van der Waals surface area contributed by atoms with Gasteiger partial charge in [-0.2, -0.15) is 5.10 Å². The summed E-state index contributed by atoms with van der Waals surface area (Å²) in [7, 11) is 1.95. The highest BCUT2D eigenvalue weighted by Crippen LogP contribution is 2.16. The van der Waals surface area contributed by atoms with Crippen LogP contribution < -0.4 is 11.1 Å². The van der Waals surface area contributed by atoms with Gasteiger partial charge in [0.25, 0.3) is 0 Å². The molecule has 1 aromatic heterocycles. The molecule has 0 aliphatic carbocycles. The lowest BCUT2D eigenvalue weighted by molar-refractivity contribution is 0.413. The molecule has 4 heteroatoms. The Balaban J connectivity index is 2.62. The Morgan fingerprint density at radius 2 is 2.06 bits per heavy atom. The number of nitrogens with zero attached hydrogens (tertiary/aromatic N) is 2. The highest BCUT2D eigenvalue weighted by molar-refractivity contribution is 5.20. The molecule has 98 valence electrons.